The summed E-state index contributed by atoms with van der Waals surface area (Å²) < 4.78 is 10.9. The maximum Gasteiger partial charge on any atom is 0.269 e. The molecule has 10 heteroatoms. The predicted octanol–water partition coefficient (Wildman–Crippen LogP) is 4.86. The summed E-state index contributed by atoms with van der Waals surface area (Å²) in [5.41, 5.74) is 1.52. The van der Waals surface area contributed by atoms with Gasteiger partial charge in [-0.05, 0) is 66.8 Å². The van der Waals surface area contributed by atoms with Crippen molar-refractivity contribution in [1.82, 2.24) is 9.80 Å². The third-order valence-electron chi connectivity index (χ3n) is 5.82. The lowest BCUT2D eigenvalue weighted by Crippen LogP contribution is -2.44. The molecule has 9 nitrogen and oxygen atoms in total. The lowest BCUT2D eigenvalue weighted by molar-refractivity contribution is -0.384. The number of carbonyl (C=O) groups is 2. The normalized spacial score (nSPS) is 12.2. The number of rotatable bonds is 10. The Morgan fingerprint density at radius 2 is 1.84 bits per heavy atom. The molecule has 0 fully saturated rings. The van der Waals surface area contributed by atoms with E-state index in [1.54, 1.807) is 34.4 Å². The number of nitro groups is 1. The molecule has 0 aliphatic carbocycles. The SMILES string of the molecule is CC(C)N(CC(=O)N(Cc1ccc2c(c1)OCO2)Cc1cccs1)C(=O)/C=C/c1ccc([N+](=O)[O-])cc1. The summed E-state index contributed by atoms with van der Waals surface area (Å²) >= 11 is 1.57. The molecule has 3 aromatic rings. The van der Waals surface area contributed by atoms with E-state index in [1.807, 2.05) is 49.6 Å². The number of fused-ring (bicyclic) bond motifs is 1. The summed E-state index contributed by atoms with van der Waals surface area (Å²) in [6, 6.07) is 15.2. The van der Waals surface area contributed by atoms with E-state index >= 15 is 0 Å². The van der Waals surface area contributed by atoms with Gasteiger partial charge in [-0.3, -0.25) is 19.7 Å². The molecular formula is C27H27N3O6S. The number of carbonyl (C=O) groups excluding carboxylic acids is 2. The molecule has 0 N–H and O–H groups in total. The monoisotopic (exact) mass is 521 g/mol. The summed E-state index contributed by atoms with van der Waals surface area (Å²) in [6.45, 7) is 4.57. The van der Waals surface area contributed by atoms with E-state index in [2.05, 4.69) is 0 Å². The minimum atomic E-state index is -0.476. The largest absolute Gasteiger partial charge is 0.454 e. The van der Waals surface area contributed by atoms with Crippen LogP contribution in [0.1, 0.15) is 29.9 Å². The Hall–Kier alpha value is -4.18. The van der Waals surface area contributed by atoms with E-state index in [0.29, 0.717) is 30.2 Å². The third-order valence-corrected chi connectivity index (χ3v) is 6.69. The fourth-order valence-electron chi connectivity index (χ4n) is 3.81. The molecule has 2 amide bonds. The van der Waals surface area contributed by atoms with Gasteiger partial charge in [0.2, 0.25) is 18.6 Å². The standard InChI is InChI=1S/C27H27N3O6S/c1-19(2)29(26(31)12-8-20-5-9-22(10-6-20)30(33)34)17-27(32)28(16-23-4-3-13-37-23)15-21-7-11-24-25(14-21)36-18-35-24/h3-14,19H,15-18H2,1-2H3/b12-8+. The lowest BCUT2D eigenvalue weighted by atomic mass is 10.1. The summed E-state index contributed by atoms with van der Waals surface area (Å²) in [5.74, 6) is 0.824. The van der Waals surface area contributed by atoms with Gasteiger partial charge in [0.15, 0.2) is 11.5 Å². The number of non-ortho nitro benzene ring substituents is 1. The smallest absolute Gasteiger partial charge is 0.269 e. The van der Waals surface area contributed by atoms with Crippen LogP contribution in [0, 0.1) is 10.1 Å². The Kier molecular flexibility index (Phi) is 8.19. The number of hydrogen-bond donors (Lipinski definition) is 0. The first-order valence-electron chi connectivity index (χ1n) is 11.7. The van der Waals surface area contributed by atoms with Crippen LogP contribution in [-0.2, 0) is 22.7 Å². The van der Waals surface area contributed by atoms with Crippen molar-refractivity contribution in [1.29, 1.82) is 0 Å². The molecule has 0 saturated heterocycles. The van der Waals surface area contributed by atoms with Gasteiger partial charge < -0.3 is 19.3 Å². The summed E-state index contributed by atoms with van der Waals surface area (Å²) in [5, 5.41) is 12.8. The fraction of sp³-hybridized carbons (Fsp3) is 0.259. The van der Waals surface area contributed by atoms with E-state index < -0.39 is 4.92 Å². The lowest BCUT2D eigenvalue weighted by Gasteiger charge is -2.29. The molecule has 0 radical (unpaired) electrons. The van der Waals surface area contributed by atoms with Crippen molar-refractivity contribution in [3.05, 3.63) is 92.2 Å². The van der Waals surface area contributed by atoms with E-state index in [-0.39, 0.29) is 36.9 Å². The molecule has 1 aliphatic heterocycles. The first kappa shape index (κ1) is 25.9. The molecule has 192 valence electrons. The topological polar surface area (TPSA) is 102 Å². The summed E-state index contributed by atoms with van der Waals surface area (Å²) in [7, 11) is 0. The molecule has 4 rings (SSSR count). The van der Waals surface area contributed by atoms with Crippen molar-refractivity contribution in [3.8, 4) is 11.5 Å². The van der Waals surface area contributed by atoms with Gasteiger partial charge >= 0.3 is 0 Å². The minimum absolute atomic E-state index is 0.0221. The Balaban J connectivity index is 1.48. The van der Waals surface area contributed by atoms with E-state index in [0.717, 1.165) is 10.4 Å². The van der Waals surface area contributed by atoms with E-state index in [4.69, 9.17) is 9.47 Å². The predicted molar refractivity (Wildman–Crippen MR) is 140 cm³/mol. The van der Waals surface area contributed by atoms with Gasteiger partial charge in [-0.2, -0.15) is 0 Å². The highest BCUT2D eigenvalue weighted by Gasteiger charge is 2.24. The van der Waals surface area contributed by atoms with Gasteiger partial charge in [-0.15, -0.1) is 11.3 Å². The fourth-order valence-corrected chi connectivity index (χ4v) is 4.53. The molecule has 0 atom stereocenters. The van der Waals surface area contributed by atoms with Crippen LogP contribution < -0.4 is 9.47 Å². The van der Waals surface area contributed by atoms with Crippen LogP contribution in [-0.4, -0.2) is 45.9 Å². The first-order chi connectivity index (χ1) is 17.8. The number of thiophene rings is 1. The van der Waals surface area contributed by atoms with Crippen LogP contribution in [0.3, 0.4) is 0 Å². The number of amides is 2. The zero-order chi connectivity index (χ0) is 26.4. The molecule has 1 aromatic heterocycles. The van der Waals surface area contributed by atoms with E-state index in [1.165, 1.54) is 23.1 Å². The second-order valence-electron chi connectivity index (χ2n) is 8.76. The maximum absolute atomic E-state index is 13.5. The molecular weight excluding hydrogens is 494 g/mol. The van der Waals surface area contributed by atoms with Crippen LogP contribution in [0.4, 0.5) is 5.69 Å². The first-order valence-corrected chi connectivity index (χ1v) is 12.6. The number of ether oxygens (including phenoxy) is 2. The maximum atomic E-state index is 13.5. The average molecular weight is 522 g/mol. The van der Waals surface area contributed by atoms with Crippen LogP contribution in [0.15, 0.2) is 66.1 Å². The second-order valence-corrected chi connectivity index (χ2v) is 9.79. The molecule has 2 aromatic carbocycles. The Labute approximate surface area is 218 Å². The van der Waals surface area contributed by atoms with Crippen molar-refractivity contribution in [3.63, 3.8) is 0 Å². The zero-order valence-electron chi connectivity index (χ0n) is 20.5. The highest BCUT2D eigenvalue weighted by Crippen LogP contribution is 2.33. The van der Waals surface area contributed by atoms with Crippen molar-refractivity contribution >= 4 is 34.9 Å². The van der Waals surface area contributed by atoms with Crippen molar-refractivity contribution in [2.45, 2.75) is 33.0 Å². The molecule has 0 bridgehead atoms. The Morgan fingerprint density at radius 1 is 1.08 bits per heavy atom. The molecule has 0 unspecified atom stereocenters. The Bertz CT molecular complexity index is 1290. The van der Waals surface area contributed by atoms with Crippen LogP contribution in [0.25, 0.3) is 6.08 Å². The molecule has 0 spiro atoms. The van der Waals surface area contributed by atoms with Crippen LogP contribution in [0.5, 0.6) is 11.5 Å². The molecule has 0 saturated carbocycles. The van der Waals surface area contributed by atoms with Crippen molar-refractivity contribution in [2.24, 2.45) is 0 Å². The van der Waals surface area contributed by atoms with Gasteiger partial charge in [-0.25, -0.2) is 0 Å². The quantitative estimate of drug-likeness (QED) is 0.214. The molecule has 1 aliphatic rings. The van der Waals surface area contributed by atoms with Gasteiger partial charge in [-0.1, -0.05) is 12.1 Å². The molecule has 2 heterocycles. The second kappa shape index (κ2) is 11.7. The van der Waals surface area contributed by atoms with Gasteiger partial charge in [0.05, 0.1) is 11.5 Å². The number of nitrogens with zero attached hydrogens (tertiary/aromatic N) is 3. The minimum Gasteiger partial charge on any atom is -0.454 e. The van der Waals surface area contributed by atoms with Crippen LogP contribution in [0.2, 0.25) is 0 Å². The summed E-state index contributed by atoms with van der Waals surface area (Å²) in [4.78, 5) is 41.2. The van der Waals surface area contributed by atoms with Crippen molar-refractivity contribution in [2.75, 3.05) is 13.3 Å². The van der Waals surface area contributed by atoms with Crippen molar-refractivity contribution < 1.29 is 24.0 Å². The van der Waals surface area contributed by atoms with Gasteiger partial charge in [0, 0.05) is 35.7 Å². The number of hydrogen-bond acceptors (Lipinski definition) is 7. The third kappa shape index (κ3) is 6.73. The Morgan fingerprint density at radius 3 is 2.51 bits per heavy atom. The van der Waals surface area contributed by atoms with Crippen LogP contribution >= 0.6 is 11.3 Å². The highest BCUT2D eigenvalue weighted by molar-refractivity contribution is 7.09. The van der Waals surface area contributed by atoms with Gasteiger partial charge in [0.1, 0.15) is 6.54 Å². The van der Waals surface area contributed by atoms with Gasteiger partial charge in [0.25, 0.3) is 5.69 Å². The number of benzene rings is 2. The number of nitro benzene ring substituents is 1. The van der Waals surface area contributed by atoms with E-state index in [9.17, 15) is 19.7 Å². The average Bonchev–Trinajstić information content (AvgIpc) is 3.57. The molecule has 37 heavy (non-hydrogen) atoms. The summed E-state index contributed by atoms with van der Waals surface area (Å²) in [6.07, 6.45) is 2.97. The zero-order valence-corrected chi connectivity index (χ0v) is 21.3. The highest BCUT2D eigenvalue weighted by atomic mass is 32.1.